The number of hydrogen-bond donors (Lipinski definition) is 0. The van der Waals surface area contributed by atoms with E-state index < -0.39 is 0 Å². The minimum atomic E-state index is 0.194. The monoisotopic (exact) mass is 489 g/mol. The molecule has 1 aliphatic carbocycles. The summed E-state index contributed by atoms with van der Waals surface area (Å²) in [6.07, 6.45) is 8.78. The molecule has 0 bridgehead atoms. The Kier molecular flexibility index (Phi) is 7.04. The van der Waals surface area contributed by atoms with Crippen molar-refractivity contribution in [2.45, 2.75) is 57.4 Å². The number of aryl methyl sites for hydroxylation is 1. The summed E-state index contributed by atoms with van der Waals surface area (Å²) in [5.41, 5.74) is 3.64. The van der Waals surface area contributed by atoms with Crippen LogP contribution in [-0.2, 0) is 11.2 Å². The predicted molar refractivity (Wildman–Crippen MR) is 143 cm³/mol. The van der Waals surface area contributed by atoms with E-state index in [0.717, 1.165) is 87.7 Å². The zero-order chi connectivity index (χ0) is 24.3. The van der Waals surface area contributed by atoms with Crippen molar-refractivity contribution < 1.29 is 14.3 Å². The molecular formula is C30H39N3O3. The number of amides is 1. The first kappa shape index (κ1) is 23.7. The van der Waals surface area contributed by atoms with E-state index in [-0.39, 0.29) is 12.0 Å². The Bertz CT molecular complexity index is 1060. The summed E-state index contributed by atoms with van der Waals surface area (Å²) in [4.78, 5) is 21.1. The van der Waals surface area contributed by atoms with Gasteiger partial charge in [-0.15, -0.1) is 0 Å². The van der Waals surface area contributed by atoms with Gasteiger partial charge in [-0.1, -0.05) is 43.5 Å². The van der Waals surface area contributed by atoms with Crippen LogP contribution in [0.15, 0.2) is 42.5 Å². The standard InChI is InChI=1S/C30H39N3O3/c34-30(24-9-2-1-3-10-24)33-25(15-14-23-8-4-5-11-26(23)33)22-31-16-18-32(19-17-31)27-12-6-13-28-29(27)36-21-7-20-35-28/h4-6,8,11-13,24-25H,1-3,7,9-10,14-22H2. The number of nitrogens with zero attached hydrogens (tertiary/aromatic N) is 3. The van der Waals surface area contributed by atoms with Crippen molar-refractivity contribution in [2.75, 3.05) is 55.7 Å². The van der Waals surface area contributed by atoms with E-state index in [9.17, 15) is 4.79 Å². The van der Waals surface area contributed by atoms with E-state index in [4.69, 9.17) is 9.47 Å². The quantitative estimate of drug-likeness (QED) is 0.611. The first-order valence-electron chi connectivity index (χ1n) is 14.0. The van der Waals surface area contributed by atoms with Gasteiger partial charge < -0.3 is 19.3 Å². The molecule has 36 heavy (non-hydrogen) atoms. The second kappa shape index (κ2) is 10.7. The smallest absolute Gasteiger partial charge is 0.230 e. The Morgan fingerprint density at radius 3 is 2.44 bits per heavy atom. The summed E-state index contributed by atoms with van der Waals surface area (Å²) >= 11 is 0. The van der Waals surface area contributed by atoms with Gasteiger partial charge in [0.15, 0.2) is 11.5 Å². The number of carbonyl (C=O) groups is 1. The van der Waals surface area contributed by atoms with Crippen molar-refractivity contribution in [2.24, 2.45) is 5.92 Å². The molecule has 6 heteroatoms. The lowest BCUT2D eigenvalue weighted by atomic mass is 9.86. The number of hydrogen-bond acceptors (Lipinski definition) is 5. The molecule has 4 aliphatic rings. The molecule has 1 saturated carbocycles. The molecule has 6 nitrogen and oxygen atoms in total. The van der Waals surface area contributed by atoms with E-state index in [1.54, 1.807) is 0 Å². The summed E-state index contributed by atoms with van der Waals surface area (Å²) < 4.78 is 12.0. The van der Waals surface area contributed by atoms with Crippen LogP contribution in [-0.4, -0.2) is 62.8 Å². The van der Waals surface area contributed by atoms with Gasteiger partial charge in [0.1, 0.15) is 0 Å². The van der Waals surface area contributed by atoms with E-state index in [1.807, 2.05) is 6.07 Å². The van der Waals surface area contributed by atoms with Gasteiger partial charge in [0.2, 0.25) is 5.91 Å². The molecule has 0 aromatic heterocycles. The lowest BCUT2D eigenvalue weighted by Crippen LogP contribution is -2.55. The SMILES string of the molecule is O=C(C1CCCCC1)N1c2ccccc2CCC1CN1CCN(c2cccc3c2OCCCO3)CC1. The molecule has 0 radical (unpaired) electrons. The van der Waals surface area contributed by atoms with Gasteiger partial charge in [-0.3, -0.25) is 9.69 Å². The molecule has 1 atom stereocenters. The van der Waals surface area contributed by atoms with Crippen LogP contribution in [0.4, 0.5) is 11.4 Å². The lowest BCUT2D eigenvalue weighted by molar-refractivity contribution is -0.124. The van der Waals surface area contributed by atoms with Crippen LogP contribution in [0, 0.1) is 5.92 Å². The minimum absolute atomic E-state index is 0.194. The number of rotatable bonds is 4. The highest BCUT2D eigenvalue weighted by Crippen LogP contribution is 2.40. The molecule has 0 spiro atoms. The van der Waals surface area contributed by atoms with Crippen molar-refractivity contribution in [3.8, 4) is 11.5 Å². The number of para-hydroxylation sites is 2. The van der Waals surface area contributed by atoms with Gasteiger partial charge in [0.25, 0.3) is 0 Å². The maximum absolute atomic E-state index is 13.8. The third kappa shape index (κ3) is 4.80. The molecule has 1 amide bonds. The fourth-order valence-electron chi connectivity index (χ4n) is 6.52. The maximum Gasteiger partial charge on any atom is 0.230 e. The van der Waals surface area contributed by atoms with Crippen LogP contribution in [0.3, 0.4) is 0 Å². The molecule has 1 unspecified atom stereocenters. The number of carbonyl (C=O) groups excluding carboxylic acids is 1. The highest BCUT2D eigenvalue weighted by Gasteiger charge is 2.36. The summed E-state index contributed by atoms with van der Waals surface area (Å²) in [7, 11) is 0. The number of fused-ring (bicyclic) bond motifs is 2. The van der Waals surface area contributed by atoms with E-state index in [1.165, 1.54) is 24.8 Å². The van der Waals surface area contributed by atoms with Gasteiger partial charge in [-0.2, -0.15) is 0 Å². The Labute approximate surface area is 215 Å². The average molecular weight is 490 g/mol. The normalized spacial score (nSPS) is 23.2. The summed E-state index contributed by atoms with van der Waals surface area (Å²) in [5, 5.41) is 0. The predicted octanol–water partition coefficient (Wildman–Crippen LogP) is 4.90. The molecular weight excluding hydrogens is 450 g/mol. The van der Waals surface area contributed by atoms with Crippen LogP contribution in [0.25, 0.3) is 0 Å². The van der Waals surface area contributed by atoms with E-state index in [0.29, 0.717) is 19.1 Å². The molecule has 1 saturated heterocycles. The summed E-state index contributed by atoms with van der Waals surface area (Å²) in [5.74, 6) is 2.33. The van der Waals surface area contributed by atoms with Crippen molar-refractivity contribution in [1.29, 1.82) is 0 Å². The van der Waals surface area contributed by atoms with Crippen molar-refractivity contribution in [1.82, 2.24) is 4.90 Å². The van der Waals surface area contributed by atoms with Crippen molar-refractivity contribution in [3.05, 3.63) is 48.0 Å². The Morgan fingerprint density at radius 2 is 1.58 bits per heavy atom. The third-order valence-electron chi connectivity index (χ3n) is 8.49. The fraction of sp³-hybridized carbons (Fsp3) is 0.567. The maximum atomic E-state index is 13.8. The number of anilines is 2. The topological polar surface area (TPSA) is 45.3 Å². The highest BCUT2D eigenvalue weighted by molar-refractivity contribution is 5.97. The van der Waals surface area contributed by atoms with Crippen LogP contribution >= 0.6 is 0 Å². The fourth-order valence-corrected chi connectivity index (χ4v) is 6.52. The highest BCUT2D eigenvalue weighted by atomic mass is 16.5. The largest absolute Gasteiger partial charge is 0.489 e. The molecule has 3 aliphatic heterocycles. The van der Waals surface area contributed by atoms with Crippen LogP contribution in [0.1, 0.15) is 50.5 Å². The van der Waals surface area contributed by atoms with Crippen LogP contribution in [0.5, 0.6) is 11.5 Å². The van der Waals surface area contributed by atoms with Gasteiger partial charge >= 0.3 is 0 Å². The zero-order valence-corrected chi connectivity index (χ0v) is 21.4. The van der Waals surface area contributed by atoms with Crippen molar-refractivity contribution in [3.63, 3.8) is 0 Å². The molecule has 192 valence electrons. The molecule has 3 heterocycles. The molecule has 6 rings (SSSR count). The average Bonchev–Trinajstić information content (AvgIpc) is 3.19. The van der Waals surface area contributed by atoms with Gasteiger partial charge in [-0.25, -0.2) is 0 Å². The first-order valence-corrected chi connectivity index (χ1v) is 14.0. The van der Waals surface area contributed by atoms with Gasteiger partial charge in [0.05, 0.1) is 18.9 Å². The third-order valence-corrected chi connectivity index (χ3v) is 8.49. The molecule has 2 fully saturated rings. The zero-order valence-electron chi connectivity index (χ0n) is 21.4. The Hall–Kier alpha value is -2.73. The van der Waals surface area contributed by atoms with Crippen molar-refractivity contribution >= 4 is 17.3 Å². The minimum Gasteiger partial charge on any atom is -0.489 e. The van der Waals surface area contributed by atoms with Crippen LogP contribution in [0.2, 0.25) is 0 Å². The first-order chi connectivity index (χ1) is 17.8. The second-order valence-electron chi connectivity index (χ2n) is 10.8. The second-order valence-corrected chi connectivity index (χ2v) is 10.8. The van der Waals surface area contributed by atoms with Crippen LogP contribution < -0.4 is 19.3 Å². The van der Waals surface area contributed by atoms with Gasteiger partial charge in [0, 0.05) is 56.8 Å². The Balaban J connectivity index is 1.15. The van der Waals surface area contributed by atoms with Gasteiger partial charge in [-0.05, 0) is 49.4 Å². The van der Waals surface area contributed by atoms with E-state index in [2.05, 4.69) is 51.1 Å². The summed E-state index contributed by atoms with van der Waals surface area (Å²) in [6.45, 7) is 6.28. The Morgan fingerprint density at radius 1 is 0.806 bits per heavy atom. The molecule has 0 N–H and O–H groups in total. The number of benzene rings is 2. The summed E-state index contributed by atoms with van der Waals surface area (Å²) in [6, 6.07) is 15.1. The molecule has 2 aromatic carbocycles. The number of piperazine rings is 1. The van der Waals surface area contributed by atoms with E-state index >= 15 is 0 Å². The molecule has 2 aromatic rings. The number of ether oxygens (including phenoxy) is 2. The lowest BCUT2D eigenvalue weighted by Gasteiger charge is -2.44.